The molecule has 0 spiro atoms. The van der Waals surface area contributed by atoms with Crippen molar-refractivity contribution in [1.82, 2.24) is 14.7 Å². The maximum absolute atomic E-state index is 13.1. The molecule has 6 nitrogen and oxygen atoms in total. The predicted octanol–water partition coefficient (Wildman–Crippen LogP) is 5.33. The number of fused-ring (bicyclic) bond motifs is 1. The van der Waals surface area contributed by atoms with E-state index in [0.717, 1.165) is 14.9 Å². The van der Waals surface area contributed by atoms with Crippen LogP contribution in [0, 0.1) is 0 Å². The van der Waals surface area contributed by atoms with Crippen molar-refractivity contribution in [3.8, 4) is 11.1 Å². The molecule has 0 bridgehead atoms. The Morgan fingerprint density at radius 2 is 1.79 bits per heavy atom. The monoisotopic (exact) mass is 490 g/mol. The lowest BCUT2D eigenvalue weighted by Gasteiger charge is -2.13. The third-order valence-electron chi connectivity index (χ3n) is 4.22. The fourth-order valence-corrected chi connectivity index (χ4v) is 3.76. The smallest absolute Gasteiger partial charge is 0.293 e. The molecular weight excluding hydrogens is 479 g/mol. The Hall–Kier alpha value is -2.61. The summed E-state index contributed by atoms with van der Waals surface area (Å²) in [7, 11) is 1.39. The van der Waals surface area contributed by atoms with E-state index < -0.39 is 5.56 Å². The first-order chi connectivity index (χ1) is 14.0. The summed E-state index contributed by atoms with van der Waals surface area (Å²) in [6.45, 7) is 0. The second-order valence-corrected chi connectivity index (χ2v) is 7.77. The molecule has 2 heterocycles. The standard InChI is InChI=1S/C20H13BrCl2N4O2/c1-29-27-18-11(9-14(19(27)28)17-15(22)3-2-4-16(17)23)10-24-20(26-18)25-13-7-5-12(21)6-8-13/h2-10H,1H3,(H,24,25,26). The molecule has 0 aliphatic rings. The van der Waals surface area contributed by atoms with Crippen LogP contribution in [-0.2, 0) is 0 Å². The summed E-state index contributed by atoms with van der Waals surface area (Å²) in [4.78, 5) is 27.2. The van der Waals surface area contributed by atoms with Crippen molar-refractivity contribution < 1.29 is 4.84 Å². The summed E-state index contributed by atoms with van der Waals surface area (Å²) < 4.78 is 2.06. The number of hydrogen-bond acceptors (Lipinski definition) is 5. The van der Waals surface area contributed by atoms with Crippen LogP contribution < -0.4 is 15.7 Å². The van der Waals surface area contributed by atoms with Crippen LogP contribution in [0.3, 0.4) is 0 Å². The molecule has 29 heavy (non-hydrogen) atoms. The Labute approximate surface area is 184 Å². The van der Waals surface area contributed by atoms with Crippen molar-refractivity contribution in [3.05, 3.63) is 79.6 Å². The van der Waals surface area contributed by atoms with Gasteiger partial charge in [0.15, 0.2) is 5.65 Å². The lowest BCUT2D eigenvalue weighted by atomic mass is 10.1. The largest absolute Gasteiger partial charge is 0.412 e. The van der Waals surface area contributed by atoms with Gasteiger partial charge in [-0.3, -0.25) is 4.79 Å². The molecule has 2 aromatic heterocycles. The molecule has 0 saturated carbocycles. The van der Waals surface area contributed by atoms with E-state index in [9.17, 15) is 4.79 Å². The molecule has 0 amide bonds. The van der Waals surface area contributed by atoms with Gasteiger partial charge in [-0.15, -0.1) is 4.73 Å². The van der Waals surface area contributed by atoms with Gasteiger partial charge in [-0.25, -0.2) is 4.98 Å². The van der Waals surface area contributed by atoms with Gasteiger partial charge < -0.3 is 10.2 Å². The van der Waals surface area contributed by atoms with Crippen LogP contribution >= 0.6 is 39.1 Å². The van der Waals surface area contributed by atoms with Crippen LogP contribution in [0.1, 0.15) is 0 Å². The van der Waals surface area contributed by atoms with E-state index in [2.05, 4.69) is 31.2 Å². The van der Waals surface area contributed by atoms with Gasteiger partial charge in [0.2, 0.25) is 5.95 Å². The van der Waals surface area contributed by atoms with Crippen LogP contribution in [-0.4, -0.2) is 21.8 Å². The molecule has 2 aromatic carbocycles. The predicted molar refractivity (Wildman–Crippen MR) is 119 cm³/mol. The van der Waals surface area contributed by atoms with E-state index >= 15 is 0 Å². The van der Waals surface area contributed by atoms with Crippen LogP contribution in [0.15, 0.2) is 64.0 Å². The lowest BCUT2D eigenvalue weighted by Crippen LogP contribution is -2.27. The van der Waals surface area contributed by atoms with Crippen molar-refractivity contribution >= 4 is 61.8 Å². The minimum atomic E-state index is -0.428. The highest BCUT2D eigenvalue weighted by molar-refractivity contribution is 9.10. The minimum Gasteiger partial charge on any atom is -0.412 e. The fourth-order valence-electron chi connectivity index (χ4n) is 2.90. The van der Waals surface area contributed by atoms with Gasteiger partial charge in [0.1, 0.15) is 7.11 Å². The maximum Gasteiger partial charge on any atom is 0.293 e. The normalized spacial score (nSPS) is 10.9. The fraction of sp³-hybridized carbons (Fsp3) is 0.0500. The molecule has 146 valence electrons. The summed E-state index contributed by atoms with van der Waals surface area (Å²) >= 11 is 16.0. The van der Waals surface area contributed by atoms with Crippen LogP contribution in [0.4, 0.5) is 11.6 Å². The highest BCUT2D eigenvalue weighted by atomic mass is 79.9. The molecular formula is C20H13BrCl2N4O2. The minimum absolute atomic E-state index is 0.298. The third-order valence-corrected chi connectivity index (χ3v) is 5.38. The van der Waals surface area contributed by atoms with Crippen molar-refractivity contribution in [1.29, 1.82) is 0 Å². The van der Waals surface area contributed by atoms with Gasteiger partial charge in [-0.2, -0.15) is 4.98 Å². The summed E-state index contributed by atoms with van der Waals surface area (Å²) in [6.07, 6.45) is 1.60. The van der Waals surface area contributed by atoms with E-state index in [4.69, 9.17) is 28.0 Å². The van der Waals surface area contributed by atoms with E-state index in [1.165, 1.54) is 7.11 Å². The third kappa shape index (κ3) is 3.81. The molecule has 0 aliphatic carbocycles. The summed E-state index contributed by atoms with van der Waals surface area (Å²) in [5.74, 6) is 0.327. The number of halogens is 3. The van der Waals surface area contributed by atoms with E-state index in [-0.39, 0.29) is 0 Å². The van der Waals surface area contributed by atoms with E-state index in [1.54, 1.807) is 30.5 Å². The summed E-state index contributed by atoms with van der Waals surface area (Å²) in [5, 5.41) is 4.43. The van der Waals surface area contributed by atoms with Crippen molar-refractivity contribution in [2.24, 2.45) is 0 Å². The van der Waals surface area contributed by atoms with Crippen LogP contribution in [0.5, 0.6) is 0 Å². The Morgan fingerprint density at radius 1 is 1.10 bits per heavy atom. The number of nitrogens with zero attached hydrogens (tertiary/aromatic N) is 3. The average Bonchev–Trinajstić information content (AvgIpc) is 2.70. The quantitative estimate of drug-likeness (QED) is 0.417. The number of benzene rings is 2. The molecule has 0 saturated heterocycles. The zero-order chi connectivity index (χ0) is 20.5. The van der Waals surface area contributed by atoms with Crippen LogP contribution in [0.25, 0.3) is 22.2 Å². The molecule has 0 aliphatic heterocycles. The zero-order valence-corrected chi connectivity index (χ0v) is 18.1. The average molecular weight is 492 g/mol. The number of rotatable bonds is 4. The van der Waals surface area contributed by atoms with Gasteiger partial charge in [0, 0.05) is 27.3 Å². The summed E-state index contributed by atoms with van der Waals surface area (Å²) in [5.41, 5.74) is 1.43. The SMILES string of the molecule is COn1c(=O)c(-c2c(Cl)cccc2Cl)cc2cnc(Nc3ccc(Br)cc3)nc21. The Morgan fingerprint density at radius 3 is 2.45 bits per heavy atom. The Balaban J connectivity index is 1.86. The molecule has 0 fully saturated rings. The Kier molecular flexibility index (Phi) is 5.45. The van der Waals surface area contributed by atoms with Crippen LogP contribution in [0.2, 0.25) is 10.0 Å². The number of hydrogen-bond donors (Lipinski definition) is 1. The number of pyridine rings is 1. The molecule has 0 unspecified atom stereocenters. The second kappa shape index (κ2) is 8.02. The van der Waals surface area contributed by atoms with E-state index in [1.807, 2.05) is 24.3 Å². The highest BCUT2D eigenvalue weighted by Gasteiger charge is 2.18. The van der Waals surface area contributed by atoms with Gasteiger partial charge in [-0.05, 0) is 42.5 Å². The molecule has 4 aromatic rings. The molecule has 1 N–H and O–H groups in total. The van der Waals surface area contributed by atoms with Gasteiger partial charge in [-0.1, -0.05) is 45.2 Å². The first-order valence-corrected chi connectivity index (χ1v) is 9.97. The zero-order valence-electron chi connectivity index (χ0n) is 15.0. The van der Waals surface area contributed by atoms with Crippen molar-refractivity contribution in [2.75, 3.05) is 12.4 Å². The maximum atomic E-state index is 13.1. The number of nitrogens with one attached hydrogen (secondary N) is 1. The molecule has 9 heteroatoms. The van der Waals surface area contributed by atoms with Gasteiger partial charge in [0.25, 0.3) is 5.56 Å². The number of aromatic nitrogens is 3. The summed E-state index contributed by atoms with van der Waals surface area (Å²) in [6, 6.07) is 14.3. The molecule has 4 rings (SSSR count). The first kappa shape index (κ1) is 19.7. The molecule has 0 atom stereocenters. The van der Waals surface area contributed by atoms with Crippen molar-refractivity contribution in [2.45, 2.75) is 0 Å². The highest BCUT2D eigenvalue weighted by Crippen LogP contribution is 2.33. The number of anilines is 2. The van der Waals surface area contributed by atoms with Gasteiger partial charge >= 0.3 is 0 Å². The molecule has 0 radical (unpaired) electrons. The van der Waals surface area contributed by atoms with E-state index in [0.29, 0.717) is 38.2 Å². The lowest BCUT2D eigenvalue weighted by molar-refractivity contribution is 0.168. The Bertz CT molecular complexity index is 1260. The second-order valence-electron chi connectivity index (χ2n) is 6.04. The first-order valence-electron chi connectivity index (χ1n) is 8.42. The van der Waals surface area contributed by atoms with Crippen molar-refractivity contribution in [3.63, 3.8) is 0 Å². The van der Waals surface area contributed by atoms with Gasteiger partial charge in [0.05, 0.1) is 15.6 Å². The topological polar surface area (TPSA) is 69.0 Å².